The molecule has 2 rings (SSSR count). The minimum absolute atomic E-state index is 0.358. The summed E-state index contributed by atoms with van der Waals surface area (Å²) in [6.45, 7) is 0. The van der Waals surface area contributed by atoms with Crippen LogP contribution in [0.25, 0.3) is 0 Å². The average molecular weight is 290 g/mol. The van der Waals surface area contributed by atoms with Crippen LogP contribution in [-0.4, -0.2) is 13.0 Å². The summed E-state index contributed by atoms with van der Waals surface area (Å²) in [5.41, 5.74) is 7.37. The summed E-state index contributed by atoms with van der Waals surface area (Å²) in [5, 5.41) is 0.600. The van der Waals surface area contributed by atoms with Crippen molar-refractivity contribution in [3.8, 4) is 5.75 Å². The molecule has 0 aliphatic carbocycles. The summed E-state index contributed by atoms with van der Waals surface area (Å²) in [5.74, 6) is 0.0392. The maximum Gasteiger partial charge on any atom is 0.225 e. The van der Waals surface area contributed by atoms with Crippen molar-refractivity contribution in [2.45, 2.75) is 12.3 Å². The fourth-order valence-corrected chi connectivity index (χ4v) is 2.30. The van der Waals surface area contributed by atoms with Gasteiger partial charge in [0.1, 0.15) is 5.75 Å². The van der Waals surface area contributed by atoms with Gasteiger partial charge in [-0.1, -0.05) is 35.9 Å². The monoisotopic (exact) mass is 289 g/mol. The number of halogens is 1. The number of benzene rings is 2. The number of ether oxygens (including phenoxy) is 1. The first kappa shape index (κ1) is 14.4. The van der Waals surface area contributed by atoms with Crippen molar-refractivity contribution < 1.29 is 9.53 Å². The van der Waals surface area contributed by atoms with E-state index in [9.17, 15) is 4.79 Å². The number of nitrogens with two attached hydrogens (primary N) is 1. The van der Waals surface area contributed by atoms with Crippen LogP contribution >= 0.6 is 11.6 Å². The zero-order valence-corrected chi connectivity index (χ0v) is 11.9. The van der Waals surface area contributed by atoms with E-state index < -0.39 is 0 Å². The molecule has 2 aromatic carbocycles. The molecule has 2 aromatic rings. The highest BCUT2D eigenvalue weighted by molar-refractivity contribution is 6.30. The highest BCUT2D eigenvalue weighted by Gasteiger charge is 2.18. The fraction of sp³-hybridized carbons (Fsp3) is 0.188. The van der Waals surface area contributed by atoms with Crippen molar-refractivity contribution in [3.05, 3.63) is 64.7 Å². The Balaban J connectivity index is 2.23. The van der Waals surface area contributed by atoms with Gasteiger partial charge in [-0.3, -0.25) is 4.79 Å². The van der Waals surface area contributed by atoms with Gasteiger partial charge in [-0.2, -0.15) is 0 Å². The van der Waals surface area contributed by atoms with Crippen molar-refractivity contribution in [3.63, 3.8) is 0 Å². The molecule has 1 unspecified atom stereocenters. The average Bonchev–Trinajstić information content (AvgIpc) is 2.45. The number of primary amides is 1. The molecule has 0 aromatic heterocycles. The molecule has 0 heterocycles. The molecule has 0 saturated carbocycles. The molecule has 0 radical (unpaired) electrons. The predicted octanol–water partition coefficient (Wildman–Crippen LogP) is 3.16. The SMILES string of the molecule is COc1ccc(CC(C(N)=O)c2cccc(Cl)c2)cc1. The quantitative estimate of drug-likeness (QED) is 0.919. The van der Waals surface area contributed by atoms with Crippen LogP contribution in [0.15, 0.2) is 48.5 Å². The van der Waals surface area contributed by atoms with Crippen LogP contribution in [0.4, 0.5) is 0 Å². The lowest BCUT2D eigenvalue weighted by Crippen LogP contribution is -2.23. The smallest absolute Gasteiger partial charge is 0.225 e. The van der Waals surface area contributed by atoms with Crippen LogP contribution in [0.5, 0.6) is 5.75 Å². The van der Waals surface area contributed by atoms with E-state index in [4.69, 9.17) is 22.1 Å². The lowest BCUT2D eigenvalue weighted by Gasteiger charge is -2.14. The Labute approximate surface area is 123 Å². The highest BCUT2D eigenvalue weighted by Crippen LogP contribution is 2.24. The van der Waals surface area contributed by atoms with E-state index >= 15 is 0 Å². The fourth-order valence-electron chi connectivity index (χ4n) is 2.10. The lowest BCUT2D eigenvalue weighted by molar-refractivity contribution is -0.119. The van der Waals surface area contributed by atoms with Crippen molar-refractivity contribution in [1.29, 1.82) is 0 Å². The molecule has 0 saturated heterocycles. The van der Waals surface area contributed by atoms with E-state index in [0.29, 0.717) is 11.4 Å². The Kier molecular flexibility index (Phi) is 4.64. The minimum atomic E-state index is -0.387. The minimum Gasteiger partial charge on any atom is -0.497 e. The van der Waals surface area contributed by atoms with Gasteiger partial charge in [0.2, 0.25) is 5.91 Å². The zero-order chi connectivity index (χ0) is 14.5. The standard InChI is InChI=1S/C16H16ClNO2/c1-20-14-7-5-11(6-8-14)9-15(16(18)19)12-3-2-4-13(17)10-12/h2-8,10,15H,9H2,1H3,(H2,18,19). The second-order valence-electron chi connectivity index (χ2n) is 4.56. The topological polar surface area (TPSA) is 52.3 Å². The Morgan fingerprint density at radius 3 is 2.50 bits per heavy atom. The first-order chi connectivity index (χ1) is 9.60. The van der Waals surface area contributed by atoms with Crippen molar-refractivity contribution in [1.82, 2.24) is 0 Å². The van der Waals surface area contributed by atoms with Gasteiger partial charge in [0.15, 0.2) is 0 Å². The summed E-state index contributed by atoms with van der Waals surface area (Å²) in [7, 11) is 1.62. The van der Waals surface area contributed by atoms with Gasteiger partial charge in [0.25, 0.3) is 0 Å². The van der Waals surface area contributed by atoms with Crippen molar-refractivity contribution in [2.75, 3.05) is 7.11 Å². The van der Waals surface area contributed by atoms with Gasteiger partial charge < -0.3 is 10.5 Å². The van der Waals surface area contributed by atoms with Gasteiger partial charge in [-0.05, 0) is 41.8 Å². The summed E-state index contributed by atoms with van der Waals surface area (Å²) in [6, 6.07) is 14.8. The molecule has 1 atom stereocenters. The van der Waals surface area contributed by atoms with E-state index in [1.54, 1.807) is 19.2 Å². The normalized spacial score (nSPS) is 11.9. The summed E-state index contributed by atoms with van der Waals surface area (Å²) in [4.78, 5) is 11.7. The van der Waals surface area contributed by atoms with Crippen molar-refractivity contribution in [2.24, 2.45) is 5.73 Å². The van der Waals surface area contributed by atoms with Crippen molar-refractivity contribution >= 4 is 17.5 Å². The van der Waals surface area contributed by atoms with E-state index in [2.05, 4.69) is 0 Å². The number of hydrogen-bond acceptors (Lipinski definition) is 2. The molecule has 0 fully saturated rings. The van der Waals surface area contributed by atoms with E-state index in [1.807, 2.05) is 36.4 Å². The summed E-state index contributed by atoms with van der Waals surface area (Å²) < 4.78 is 5.11. The maximum atomic E-state index is 11.7. The predicted molar refractivity (Wildman–Crippen MR) is 80.1 cm³/mol. The Hall–Kier alpha value is -2.00. The van der Waals surface area contributed by atoms with Crippen LogP contribution in [0.2, 0.25) is 5.02 Å². The molecule has 0 bridgehead atoms. The van der Waals surface area contributed by atoms with Gasteiger partial charge >= 0.3 is 0 Å². The third-order valence-electron chi connectivity index (χ3n) is 3.19. The molecular formula is C16H16ClNO2. The largest absolute Gasteiger partial charge is 0.497 e. The molecule has 0 aliphatic heterocycles. The van der Waals surface area contributed by atoms with Gasteiger partial charge in [-0.15, -0.1) is 0 Å². The third-order valence-corrected chi connectivity index (χ3v) is 3.43. The van der Waals surface area contributed by atoms with E-state index in [0.717, 1.165) is 16.9 Å². The van der Waals surface area contributed by atoms with E-state index in [1.165, 1.54) is 0 Å². The maximum absolute atomic E-state index is 11.7. The van der Waals surface area contributed by atoms with Crippen LogP contribution < -0.4 is 10.5 Å². The Morgan fingerprint density at radius 1 is 1.25 bits per heavy atom. The molecule has 1 amide bonds. The number of hydrogen-bond donors (Lipinski definition) is 1. The second kappa shape index (κ2) is 6.44. The zero-order valence-electron chi connectivity index (χ0n) is 11.2. The summed E-state index contributed by atoms with van der Waals surface area (Å²) in [6.07, 6.45) is 0.541. The van der Waals surface area contributed by atoms with Crippen LogP contribution in [0, 0.1) is 0 Å². The Morgan fingerprint density at radius 2 is 1.95 bits per heavy atom. The van der Waals surface area contributed by atoms with Crippen LogP contribution in [0.3, 0.4) is 0 Å². The summed E-state index contributed by atoms with van der Waals surface area (Å²) >= 11 is 5.97. The van der Waals surface area contributed by atoms with E-state index in [-0.39, 0.29) is 11.8 Å². The Bertz CT molecular complexity index is 596. The number of rotatable bonds is 5. The van der Waals surface area contributed by atoms with Crippen LogP contribution in [-0.2, 0) is 11.2 Å². The second-order valence-corrected chi connectivity index (χ2v) is 5.00. The third kappa shape index (κ3) is 3.52. The lowest BCUT2D eigenvalue weighted by atomic mass is 9.91. The van der Waals surface area contributed by atoms with Gasteiger partial charge in [0, 0.05) is 5.02 Å². The number of carbonyl (C=O) groups excluding carboxylic acids is 1. The number of methoxy groups -OCH3 is 1. The first-order valence-electron chi connectivity index (χ1n) is 6.28. The molecule has 0 spiro atoms. The molecule has 3 nitrogen and oxygen atoms in total. The number of amides is 1. The molecule has 0 aliphatic rings. The molecule has 20 heavy (non-hydrogen) atoms. The van der Waals surface area contributed by atoms with Crippen LogP contribution in [0.1, 0.15) is 17.0 Å². The highest BCUT2D eigenvalue weighted by atomic mass is 35.5. The van der Waals surface area contributed by atoms with Gasteiger partial charge in [-0.25, -0.2) is 0 Å². The molecule has 4 heteroatoms. The molecular weight excluding hydrogens is 274 g/mol. The number of carbonyl (C=O) groups is 1. The van der Waals surface area contributed by atoms with Gasteiger partial charge in [0.05, 0.1) is 13.0 Å². The molecule has 2 N–H and O–H groups in total. The first-order valence-corrected chi connectivity index (χ1v) is 6.65. The molecule has 104 valence electrons.